The zero-order valence-electron chi connectivity index (χ0n) is 28.0. The summed E-state index contributed by atoms with van der Waals surface area (Å²) in [6, 6.07) is 0. The van der Waals surface area contributed by atoms with Gasteiger partial charge < -0.3 is 18.9 Å². The lowest BCUT2D eigenvalue weighted by molar-refractivity contribution is -0.172. The Labute approximate surface area is 266 Å². The standard InChI is InChI=1S/C36H60O8/c1-5-9-17-27(7-3)25-41-35(39)33(29-19-13-11-14-20-29)43-31(37)23-24-32(38)44-34(30-21-15-12-16-22-30)36(40)42-26-28(8-4)18-10-6-2/h23-24,27-30,33-34H,5-22,25-26H2,1-4H3/b24-23+. The van der Waals surface area contributed by atoms with E-state index in [2.05, 4.69) is 27.7 Å². The van der Waals surface area contributed by atoms with E-state index < -0.39 is 36.1 Å². The summed E-state index contributed by atoms with van der Waals surface area (Å²) in [5.74, 6) is -2.27. The Balaban J connectivity index is 2.01. The highest BCUT2D eigenvalue weighted by molar-refractivity contribution is 5.93. The molecule has 0 aliphatic heterocycles. The molecule has 0 spiro atoms. The van der Waals surface area contributed by atoms with E-state index in [0.717, 1.165) is 128 Å². The van der Waals surface area contributed by atoms with Crippen LogP contribution in [0.1, 0.15) is 143 Å². The Kier molecular flexibility index (Phi) is 19.1. The van der Waals surface area contributed by atoms with Crippen LogP contribution in [-0.4, -0.2) is 49.3 Å². The highest BCUT2D eigenvalue weighted by atomic mass is 16.6. The van der Waals surface area contributed by atoms with Crippen LogP contribution in [0.3, 0.4) is 0 Å². The lowest BCUT2D eigenvalue weighted by Gasteiger charge is -2.29. The quantitative estimate of drug-likeness (QED) is 0.0765. The van der Waals surface area contributed by atoms with Crippen molar-refractivity contribution in [1.29, 1.82) is 0 Å². The van der Waals surface area contributed by atoms with Gasteiger partial charge in [0.25, 0.3) is 0 Å². The van der Waals surface area contributed by atoms with Crippen LogP contribution in [0.5, 0.6) is 0 Å². The number of hydrogen-bond acceptors (Lipinski definition) is 8. The van der Waals surface area contributed by atoms with Gasteiger partial charge in [-0.15, -0.1) is 0 Å². The molecule has 8 heteroatoms. The Bertz CT molecular complexity index is 801. The molecule has 0 aromatic heterocycles. The summed E-state index contributed by atoms with van der Waals surface area (Å²) in [4.78, 5) is 51.9. The first-order chi connectivity index (χ1) is 21.3. The molecule has 4 unspecified atom stereocenters. The van der Waals surface area contributed by atoms with Crippen molar-refractivity contribution in [3.63, 3.8) is 0 Å². The average molecular weight is 621 g/mol. The van der Waals surface area contributed by atoms with Gasteiger partial charge in [0, 0.05) is 24.0 Å². The van der Waals surface area contributed by atoms with Gasteiger partial charge in [0.1, 0.15) is 0 Å². The van der Waals surface area contributed by atoms with Crippen molar-refractivity contribution in [2.24, 2.45) is 23.7 Å². The SMILES string of the molecule is CCCCC(CC)COC(=O)C(OC(=O)/C=C/C(=O)OC(C(=O)OCC(CC)CCCC)C1CCCCC1)C1CCCCC1. The first-order valence-electron chi connectivity index (χ1n) is 17.7. The summed E-state index contributed by atoms with van der Waals surface area (Å²) in [5.41, 5.74) is 0. The summed E-state index contributed by atoms with van der Waals surface area (Å²) < 4.78 is 22.6. The highest BCUT2D eigenvalue weighted by Gasteiger charge is 2.36. The third-order valence-corrected chi connectivity index (χ3v) is 9.47. The molecule has 2 aliphatic rings. The fraction of sp³-hybridized carbons (Fsp3) is 0.833. The topological polar surface area (TPSA) is 105 Å². The van der Waals surface area contributed by atoms with Gasteiger partial charge in [-0.2, -0.15) is 0 Å². The van der Waals surface area contributed by atoms with Crippen LogP contribution in [0, 0.1) is 23.7 Å². The normalized spacial score (nSPS) is 19.1. The van der Waals surface area contributed by atoms with Crippen molar-refractivity contribution in [2.75, 3.05) is 13.2 Å². The zero-order chi connectivity index (χ0) is 32.2. The molecule has 0 N–H and O–H groups in total. The van der Waals surface area contributed by atoms with Crippen molar-refractivity contribution >= 4 is 23.9 Å². The lowest BCUT2D eigenvalue weighted by atomic mass is 9.85. The Hall–Kier alpha value is -2.38. The third-order valence-electron chi connectivity index (χ3n) is 9.47. The number of carbonyl (C=O) groups excluding carboxylic acids is 4. The molecular weight excluding hydrogens is 560 g/mol. The van der Waals surface area contributed by atoms with Crippen LogP contribution >= 0.6 is 0 Å². The maximum absolute atomic E-state index is 13.1. The van der Waals surface area contributed by atoms with Gasteiger partial charge >= 0.3 is 23.9 Å². The summed E-state index contributed by atoms with van der Waals surface area (Å²) in [6.45, 7) is 9.08. The average Bonchev–Trinajstić information content (AvgIpc) is 3.05. The number of unbranched alkanes of at least 4 members (excludes halogenated alkanes) is 2. The molecule has 0 amide bonds. The second-order valence-corrected chi connectivity index (χ2v) is 12.9. The first kappa shape index (κ1) is 37.8. The minimum atomic E-state index is -1.00. The first-order valence-corrected chi connectivity index (χ1v) is 17.7. The van der Waals surface area contributed by atoms with Gasteiger partial charge in [0.15, 0.2) is 0 Å². The van der Waals surface area contributed by atoms with Crippen LogP contribution in [0.15, 0.2) is 12.2 Å². The minimum absolute atomic E-state index is 0.106. The summed E-state index contributed by atoms with van der Waals surface area (Å²) in [7, 11) is 0. The van der Waals surface area contributed by atoms with Crippen LogP contribution in [-0.2, 0) is 38.1 Å². The van der Waals surface area contributed by atoms with E-state index >= 15 is 0 Å². The third kappa shape index (κ3) is 14.2. The van der Waals surface area contributed by atoms with Crippen LogP contribution < -0.4 is 0 Å². The molecule has 252 valence electrons. The Morgan fingerprint density at radius 2 is 0.955 bits per heavy atom. The van der Waals surface area contributed by atoms with Gasteiger partial charge in [-0.1, -0.05) is 105 Å². The maximum atomic E-state index is 13.1. The predicted molar refractivity (Wildman–Crippen MR) is 171 cm³/mol. The molecule has 0 aromatic rings. The lowest BCUT2D eigenvalue weighted by Crippen LogP contribution is -2.38. The van der Waals surface area contributed by atoms with Gasteiger partial charge in [0.2, 0.25) is 12.2 Å². The molecule has 2 aliphatic carbocycles. The van der Waals surface area contributed by atoms with E-state index in [1.165, 1.54) is 0 Å². The summed E-state index contributed by atoms with van der Waals surface area (Å²) >= 11 is 0. The molecule has 0 bridgehead atoms. The predicted octanol–water partition coefficient (Wildman–Crippen LogP) is 8.05. The molecule has 0 radical (unpaired) electrons. The molecule has 0 saturated heterocycles. The molecule has 8 nitrogen and oxygen atoms in total. The highest BCUT2D eigenvalue weighted by Crippen LogP contribution is 2.30. The van der Waals surface area contributed by atoms with Gasteiger partial charge in [0.05, 0.1) is 13.2 Å². The smallest absolute Gasteiger partial charge is 0.347 e. The monoisotopic (exact) mass is 620 g/mol. The second kappa shape index (κ2) is 22.2. The number of carbonyl (C=O) groups is 4. The van der Waals surface area contributed by atoms with E-state index in [0.29, 0.717) is 13.2 Å². The molecule has 2 rings (SSSR count). The van der Waals surface area contributed by atoms with Gasteiger partial charge in [-0.05, 0) is 50.4 Å². The molecule has 0 heterocycles. The minimum Gasteiger partial charge on any atom is -0.463 e. The molecule has 2 saturated carbocycles. The maximum Gasteiger partial charge on any atom is 0.347 e. The number of esters is 4. The molecule has 0 aromatic carbocycles. The Morgan fingerprint density at radius 3 is 1.27 bits per heavy atom. The zero-order valence-corrected chi connectivity index (χ0v) is 28.0. The molecule has 44 heavy (non-hydrogen) atoms. The van der Waals surface area contributed by atoms with E-state index in [-0.39, 0.29) is 23.7 Å². The van der Waals surface area contributed by atoms with Crippen molar-refractivity contribution in [1.82, 2.24) is 0 Å². The van der Waals surface area contributed by atoms with E-state index in [4.69, 9.17) is 18.9 Å². The van der Waals surface area contributed by atoms with Crippen LogP contribution in [0.4, 0.5) is 0 Å². The molecule has 4 atom stereocenters. The summed E-state index contributed by atoms with van der Waals surface area (Å²) in [6.07, 6.45) is 17.3. The van der Waals surface area contributed by atoms with Crippen molar-refractivity contribution in [3.05, 3.63) is 12.2 Å². The number of rotatable bonds is 20. The van der Waals surface area contributed by atoms with Crippen LogP contribution in [0.25, 0.3) is 0 Å². The van der Waals surface area contributed by atoms with Gasteiger partial charge in [-0.25, -0.2) is 19.2 Å². The van der Waals surface area contributed by atoms with E-state index in [9.17, 15) is 19.2 Å². The molecular formula is C36H60O8. The molecule has 2 fully saturated rings. The fourth-order valence-electron chi connectivity index (χ4n) is 6.37. The largest absolute Gasteiger partial charge is 0.463 e. The van der Waals surface area contributed by atoms with Crippen LogP contribution in [0.2, 0.25) is 0 Å². The number of ether oxygens (including phenoxy) is 4. The van der Waals surface area contributed by atoms with Crippen molar-refractivity contribution < 1.29 is 38.1 Å². The van der Waals surface area contributed by atoms with E-state index in [1.807, 2.05) is 0 Å². The van der Waals surface area contributed by atoms with Crippen molar-refractivity contribution in [3.8, 4) is 0 Å². The van der Waals surface area contributed by atoms with Gasteiger partial charge in [-0.3, -0.25) is 0 Å². The number of hydrogen-bond donors (Lipinski definition) is 0. The fourth-order valence-corrected chi connectivity index (χ4v) is 6.37. The Morgan fingerprint density at radius 1 is 0.591 bits per heavy atom. The van der Waals surface area contributed by atoms with E-state index in [1.54, 1.807) is 0 Å². The van der Waals surface area contributed by atoms with Crippen molar-refractivity contribution in [2.45, 2.75) is 155 Å². The summed E-state index contributed by atoms with van der Waals surface area (Å²) in [5, 5.41) is 0. The second-order valence-electron chi connectivity index (χ2n) is 12.9.